The molecule has 0 spiro atoms. The van der Waals surface area contributed by atoms with Gasteiger partial charge in [-0.05, 0) is 46.2 Å². The van der Waals surface area contributed by atoms with Crippen molar-refractivity contribution in [3.63, 3.8) is 0 Å². The van der Waals surface area contributed by atoms with Crippen molar-refractivity contribution in [2.75, 3.05) is 14.2 Å². The van der Waals surface area contributed by atoms with Gasteiger partial charge in [0.15, 0.2) is 11.5 Å². The highest BCUT2D eigenvalue weighted by molar-refractivity contribution is 6.03. The maximum Gasteiger partial charge on any atom is 0.335 e. The van der Waals surface area contributed by atoms with E-state index in [1.165, 1.54) is 0 Å². The third kappa shape index (κ3) is 2.71. The van der Waals surface area contributed by atoms with Crippen molar-refractivity contribution in [3.8, 4) is 22.6 Å². The summed E-state index contributed by atoms with van der Waals surface area (Å²) in [5, 5.41) is 11.1. The summed E-state index contributed by atoms with van der Waals surface area (Å²) in [4.78, 5) is 11.4. The minimum absolute atomic E-state index is 0.239. The molecule has 0 aliphatic rings. The van der Waals surface area contributed by atoms with Gasteiger partial charge in [0.1, 0.15) is 0 Å². The molecule has 0 saturated carbocycles. The van der Waals surface area contributed by atoms with Crippen LogP contribution in [0, 0.1) is 0 Å². The highest BCUT2D eigenvalue weighted by Gasteiger charge is 2.14. The van der Waals surface area contributed by atoms with Gasteiger partial charge in [-0.15, -0.1) is 0 Å². The third-order valence-electron chi connectivity index (χ3n) is 3.79. The number of ether oxygens (including phenoxy) is 2. The van der Waals surface area contributed by atoms with Crippen molar-refractivity contribution in [3.05, 3.63) is 60.2 Å². The van der Waals surface area contributed by atoms with E-state index < -0.39 is 5.97 Å². The van der Waals surface area contributed by atoms with E-state index in [2.05, 4.69) is 0 Å². The molecule has 0 bridgehead atoms. The maximum atomic E-state index is 11.4. The molecule has 4 nitrogen and oxygen atoms in total. The van der Waals surface area contributed by atoms with Crippen LogP contribution in [0.15, 0.2) is 54.6 Å². The summed E-state index contributed by atoms with van der Waals surface area (Å²) in [6.07, 6.45) is 0. The number of rotatable bonds is 4. The molecule has 23 heavy (non-hydrogen) atoms. The molecule has 3 aromatic carbocycles. The van der Waals surface area contributed by atoms with Gasteiger partial charge in [0.2, 0.25) is 0 Å². The van der Waals surface area contributed by atoms with E-state index in [9.17, 15) is 9.90 Å². The average Bonchev–Trinajstić information content (AvgIpc) is 2.60. The molecule has 116 valence electrons. The standard InChI is InChI=1S/C19H16O4/c1-22-17-10-13-8-14(19(20)21)9-15(12-6-4-3-5-7-12)16(13)11-18(17)23-2/h3-11H,1-2H3,(H,20,21). The van der Waals surface area contributed by atoms with Crippen LogP contribution in [0.2, 0.25) is 0 Å². The van der Waals surface area contributed by atoms with E-state index in [1.807, 2.05) is 36.4 Å². The summed E-state index contributed by atoms with van der Waals surface area (Å²) in [6.45, 7) is 0. The van der Waals surface area contributed by atoms with E-state index in [0.717, 1.165) is 21.9 Å². The third-order valence-corrected chi connectivity index (χ3v) is 3.79. The topological polar surface area (TPSA) is 55.8 Å². The Morgan fingerprint density at radius 1 is 0.913 bits per heavy atom. The fraction of sp³-hybridized carbons (Fsp3) is 0.105. The lowest BCUT2D eigenvalue weighted by atomic mass is 9.95. The Kier molecular flexibility index (Phi) is 3.89. The molecule has 0 aliphatic carbocycles. The second-order valence-electron chi connectivity index (χ2n) is 5.12. The smallest absolute Gasteiger partial charge is 0.335 e. The summed E-state index contributed by atoms with van der Waals surface area (Å²) < 4.78 is 10.7. The molecule has 0 fully saturated rings. The minimum Gasteiger partial charge on any atom is -0.493 e. The fourth-order valence-corrected chi connectivity index (χ4v) is 2.67. The highest BCUT2D eigenvalue weighted by Crippen LogP contribution is 2.37. The molecular formula is C19H16O4. The van der Waals surface area contributed by atoms with Crippen LogP contribution in [-0.4, -0.2) is 25.3 Å². The first-order valence-electron chi connectivity index (χ1n) is 7.12. The fourth-order valence-electron chi connectivity index (χ4n) is 2.67. The minimum atomic E-state index is -0.959. The Labute approximate surface area is 133 Å². The zero-order chi connectivity index (χ0) is 16.4. The van der Waals surface area contributed by atoms with E-state index in [4.69, 9.17) is 9.47 Å². The lowest BCUT2D eigenvalue weighted by Gasteiger charge is -2.13. The number of benzene rings is 3. The monoisotopic (exact) mass is 308 g/mol. The van der Waals surface area contributed by atoms with Gasteiger partial charge in [0.25, 0.3) is 0 Å². The van der Waals surface area contributed by atoms with Crippen molar-refractivity contribution in [1.82, 2.24) is 0 Å². The van der Waals surface area contributed by atoms with Crippen LogP contribution in [0.5, 0.6) is 11.5 Å². The van der Waals surface area contributed by atoms with E-state index in [-0.39, 0.29) is 5.56 Å². The normalized spacial score (nSPS) is 10.5. The number of carboxylic acid groups (broad SMARTS) is 1. The number of hydrogen-bond acceptors (Lipinski definition) is 3. The first-order chi connectivity index (χ1) is 11.1. The van der Waals surface area contributed by atoms with Crippen LogP contribution < -0.4 is 9.47 Å². The Hall–Kier alpha value is -3.01. The molecule has 0 saturated heterocycles. The Bertz CT molecular complexity index is 869. The Morgan fingerprint density at radius 3 is 2.17 bits per heavy atom. The second kappa shape index (κ2) is 6.01. The lowest BCUT2D eigenvalue weighted by Crippen LogP contribution is -1.98. The molecule has 3 aromatic rings. The Morgan fingerprint density at radius 2 is 1.57 bits per heavy atom. The molecule has 0 heterocycles. The summed E-state index contributed by atoms with van der Waals surface area (Å²) in [6, 6.07) is 16.7. The second-order valence-corrected chi connectivity index (χ2v) is 5.12. The van der Waals surface area contributed by atoms with E-state index in [1.54, 1.807) is 32.4 Å². The molecule has 1 N–H and O–H groups in total. The van der Waals surface area contributed by atoms with Crippen molar-refractivity contribution in [2.24, 2.45) is 0 Å². The molecular weight excluding hydrogens is 292 g/mol. The molecule has 0 unspecified atom stereocenters. The van der Waals surface area contributed by atoms with Gasteiger partial charge in [-0.2, -0.15) is 0 Å². The molecule has 0 aliphatic heterocycles. The van der Waals surface area contributed by atoms with Gasteiger partial charge in [0.05, 0.1) is 19.8 Å². The van der Waals surface area contributed by atoms with Crippen LogP contribution in [-0.2, 0) is 0 Å². The number of hydrogen-bond donors (Lipinski definition) is 1. The van der Waals surface area contributed by atoms with Crippen molar-refractivity contribution in [1.29, 1.82) is 0 Å². The zero-order valence-corrected chi connectivity index (χ0v) is 12.9. The van der Waals surface area contributed by atoms with Crippen LogP contribution >= 0.6 is 0 Å². The number of fused-ring (bicyclic) bond motifs is 1. The average molecular weight is 308 g/mol. The van der Waals surface area contributed by atoms with Gasteiger partial charge in [-0.1, -0.05) is 30.3 Å². The van der Waals surface area contributed by atoms with Crippen molar-refractivity contribution in [2.45, 2.75) is 0 Å². The van der Waals surface area contributed by atoms with Crippen molar-refractivity contribution < 1.29 is 19.4 Å². The molecule has 3 rings (SSSR count). The molecule has 4 heteroatoms. The van der Waals surface area contributed by atoms with E-state index in [0.29, 0.717) is 11.5 Å². The first-order valence-corrected chi connectivity index (χ1v) is 7.12. The number of carbonyl (C=O) groups is 1. The summed E-state index contributed by atoms with van der Waals surface area (Å²) in [5.74, 6) is 0.223. The highest BCUT2D eigenvalue weighted by atomic mass is 16.5. The molecule has 0 atom stereocenters. The van der Waals surface area contributed by atoms with Crippen LogP contribution in [0.4, 0.5) is 0 Å². The largest absolute Gasteiger partial charge is 0.493 e. The summed E-state index contributed by atoms with van der Waals surface area (Å²) in [5.41, 5.74) is 2.04. The first kappa shape index (κ1) is 14.9. The lowest BCUT2D eigenvalue weighted by molar-refractivity contribution is 0.0697. The number of methoxy groups -OCH3 is 2. The number of carboxylic acids is 1. The Balaban J connectivity index is 2.38. The van der Waals surface area contributed by atoms with Gasteiger partial charge < -0.3 is 14.6 Å². The van der Waals surface area contributed by atoms with Crippen LogP contribution in [0.3, 0.4) is 0 Å². The predicted molar refractivity (Wildman–Crippen MR) is 89.4 cm³/mol. The van der Waals surface area contributed by atoms with Gasteiger partial charge in [0, 0.05) is 0 Å². The van der Waals surface area contributed by atoms with Crippen molar-refractivity contribution >= 4 is 16.7 Å². The van der Waals surface area contributed by atoms with Crippen LogP contribution in [0.25, 0.3) is 21.9 Å². The van der Waals surface area contributed by atoms with Gasteiger partial charge >= 0.3 is 5.97 Å². The van der Waals surface area contributed by atoms with Gasteiger partial charge in [-0.3, -0.25) is 0 Å². The summed E-state index contributed by atoms with van der Waals surface area (Å²) in [7, 11) is 3.14. The molecule has 0 aromatic heterocycles. The van der Waals surface area contributed by atoms with Gasteiger partial charge in [-0.25, -0.2) is 4.79 Å². The quantitative estimate of drug-likeness (QED) is 0.784. The zero-order valence-electron chi connectivity index (χ0n) is 12.9. The predicted octanol–water partition coefficient (Wildman–Crippen LogP) is 4.22. The SMILES string of the molecule is COc1cc2cc(C(=O)O)cc(-c3ccccc3)c2cc1OC. The summed E-state index contributed by atoms with van der Waals surface area (Å²) >= 11 is 0. The molecule has 0 amide bonds. The molecule has 0 radical (unpaired) electrons. The van der Waals surface area contributed by atoms with Crippen LogP contribution in [0.1, 0.15) is 10.4 Å². The maximum absolute atomic E-state index is 11.4. The number of aromatic carboxylic acids is 1. The van der Waals surface area contributed by atoms with E-state index >= 15 is 0 Å².